The van der Waals surface area contributed by atoms with Crippen LogP contribution < -0.4 is 15.5 Å². The molecule has 1 saturated heterocycles. The van der Waals surface area contributed by atoms with E-state index in [0.717, 1.165) is 50.4 Å². The van der Waals surface area contributed by atoms with E-state index in [1.165, 1.54) is 29.5 Å². The molecule has 1 aromatic carbocycles. The summed E-state index contributed by atoms with van der Waals surface area (Å²) < 4.78 is 2.36. The summed E-state index contributed by atoms with van der Waals surface area (Å²) in [4.78, 5) is 11.9. The predicted molar refractivity (Wildman–Crippen MR) is 126 cm³/mol. The van der Waals surface area contributed by atoms with Gasteiger partial charge in [0.1, 0.15) is 5.65 Å². The molecule has 2 aliphatic rings. The molecule has 30 heavy (non-hydrogen) atoms. The van der Waals surface area contributed by atoms with Gasteiger partial charge in [-0.2, -0.15) is 4.98 Å². The summed E-state index contributed by atoms with van der Waals surface area (Å²) in [6.45, 7) is 10.4. The summed E-state index contributed by atoms with van der Waals surface area (Å²) in [7, 11) is 0. The molecule has 3 aromatic rings. The standard InChI is InChI=1S/C22H28N6.C2H6/c1-2-3-16-15-28(19-8-9-19)21-20(16)14-24-22(26-21)25-17-4-6-18(7-5-17)27-12-10-23-11-13-27;1-2/h4-7,14-15,19,23H,2-3,8-13H2,1H3,(H,24,25,26);1-2H3. The van der Waals surface area contributed by atoms with E-state index >= 15 is 0 Å². The zero-order chi connectivity index (χ0) is 20.9. The van der Waals surface area contributed by atoms with Crippen LogP contribution in [0, 0.1) is 0 Å². The third-order valence-corrected chi connectivity index (χ3v) is 5.72. The van der Waals surface area contributed by atoms with Crippen molar-refractivity contribution in [3.63, 3.8) is 0 Å². The summed E-state index contributed by atoms with van der Waals surface area (Å²) in [5.41, 5.74) is 4.74. The largest absolute Gasteiger partial charge is 0.369 e. The van der Waals surface area contributed by atoms with Crippen LogP contribution in [0.4, 0.5) is 17.3 Å². The second-order valence-electron chi connectivity index (χ2n) is 7.88. The normalized spacial score (nSPS) is 16.3. The van der Waals surface area contributed by atoms with Crippen molar-refractivity contribution in [3.05, 3.63) is 42.2 Å². The van der Waals surface area contributed by atoms with Crippen molar-refractivity contribution in [2.75, 3.05) is 36.4 Å². The second-order valence-corrected chi connectivity index (χ2v) is 7.88. The Kier molecular flexibility index (Phi) is 6.53. The molecule has 3 heterocycles. The molecule has 5 rings (SSSR count). The highest BCUT2D eigenvalue weighted by Gasteiger charge is 2.26. The summed E-state index contributed by atoms with van der Waals surface area (Å²) in [6, 6.07) is 9.21. The molecule has 6 nitrogen and oxygen atoms in total. The van der Waals surface area contributed by atoms with E-state index in [2.05, 4.69) is 62.5 Å². The van der Waals surface area contributed by atoms with Crippen LogP contribution in [0.1, 0.15) is 51.6 Å². The number of fused-ring (bicyclic) bond motifs is 1. The minimum Gasteiger partial charge on any atom is -0.369 e. The van der Waals surface area contributed by atoms with E-state index in [4.69, 9.17) is 4.98 Å². The molecular formula is C24H34N6. The minimum atomic E-state index is 0.620. The van der Waals surface area contributed by atoms with E-state index in [1.54, 1.807) is 0 Å². The maximum Gasteiger partial charge on any atom is 0.229 e. The van der Waals surface area contributed by atoms with Gasteiger partial charge < -0.3 is 20.1 Å². The molecule has 0 radical (unpaired) electrons. The van der Waals surface area contributed by atoms with Gasteiger partial charge in [-0.05, 0) is 49.1 Å². The molecule has 1 aliphatic heterocycles. The first kappa shape index (κ1) is 20.7. The van der Waals surface area contributed by atoms with Crippen LogP contribution in [0.3, 0.4) is 0 Å². The van der Waals surface area contributed by atoms with Gasteiger partial charge in [0.2, 0.25) is 5.95 Å². The maximum absolute atomic E-state index is 4.87. The minimum absolute atomic E-state index is 0.620. The first-order valence-corrected chi connectivity index (χ1v) is 11.5. The number of aryl methyl sites for hydroxylation is 1. The average molecular weight is 407 g/mol. The topological polar surface area (TPSA) is 58.0 Å². The van der Waals surface area contributed by atoms with Crippen molar-refractivity contribution in [1.82, 2.24) is 19.9 Å². The molecule has 160 valence electrons. The van der Waals surface area contributed by atoms with Gasteiger partial charge in [-0.25, -0.2) is 4.98 Å². The monoisotopic (exact) mass is 406 g/mol. The van der Waals surface area contributed by atoms with Crippen LogP contribution in [-0.4, -0.2) is 40.7 Å². The molecule has 1 saturated carbocycles. The third kappa shape index (κ3) is 4.43. The number of benzene rings is 1. The quantitative estimate of drug-likeness (QED) is 0.610. The molecular weight excluding hydrogens is 372 g/mol. The number of anilines is 3. The summed E-state index contributed by atoms with van der Waals surface area (Å²) in [5, 5.41) is 7.99. The fraction of sp³-hybridized carbons (Fsp3) is 0.500. The van der Waals surface area contributed by atoms with Gasteiger partial charge in [0.15, 0.2) is 0 Å². The zero-order valence-electron chi connectivity index (χ0n) is 18.5. The Bertz CT molecular complexity index is 952. The van der Waals surface area contributed by atoms with Crippen molar-refractivity contribution < 1.29 is 0 Å². The van der Waals surface area contributed by atoms with Crippen molar-refractivity contribution >= 4 is 28.4 Å². The lowest BCUT2D eigenvalue weighted by molar-refractivity contribution is 0.589. The Morgan fingerprint density at radius 2 is 1.83 bits per heavy atom. The Morgan fingerprint density at radius 3 is 2.50 bits per heavy atom. The van der Waals surface area contributed by atoms with Gasteiger partial charge in [0.25, 0.3) is 0 Å². The molecule has 0 spiro atoms. The number of nitrogens with zero attached hydrogens (tertiary/aromatic N) is 4. The van der Waals surface area contributed by atoms with Crippen LogP contribution in [0.2, 0.25) is 0 Å². The first-order valence-electron chi connectivity index (χ1n) is 11.5. The smallest absolute Gasteiger partial charge is 0.229 e. The van der Waals surface area contributed by atoms with E-state index in [1.807, 2.05) is 20.0 Å². The van der Waals surface area contributed by atoms with Crippen LogP contribution >= 0.6 is 0 Å². The number of piperazine rings is 1. The lowest BCUT2D eigenvalue weighted by atomic mass is 10.1. The number of rotatable bonds is 6. The number of nitrogens with one attached hydrogen (secondary N) is 2. The summed E-state index contributed by atoms with van der Waals surface area (Å²) >= 11 is 0. The van der Waals surface area contributed by atoms with Crippen molar-refractivity contribution in [3.8, 4) is 0 Å². The van der Waals surface area contributed by atoms with Crippen molar-refractivity contribution in [2.45, 2.75) is 52.5 Å². The lowest BCUT2D eigenvalue weighted by Crippen LogP contribution is -2.43. The average Bonchev–Trinajstić information content (AvgIpc) is 3.59. The highest BCUT2D eigenvalue weighted by Crippen LogP contribution is 2.38. The first-order chi connectivity index (χ1) is 14.8. The van der Waals surface area contributed by atoms with Gasteiger partial charge in [-0.3, -0.25) is 0 Å². The SMILES string of the molecule is CC.CCCc1cn(C2CC2)c2nc(Nc3ccc(N4CCNCC4)cc3)ncc12. The Balaban J connectivity index is 0.00000106. The molecule has 1 aliphatic carbocycles. The molecule has 0 bridgehead atoms. The molecule has 2 fully saturated rings. The predicted octanol–water partition coefficient (Wildman–Crippen LogP) is 4.90. The van der Waals surface area contributed by atoms with Gasteiger partial charge in [0.05, 0.1) is 0 Å². The fourth-order valence-corrected chi connectivity index (χ4v) is 4.06. The summed E-state index contributed by atoms with van der Waals surface area (Å²) in [5.74, 6) is 0.672. The zero-order valence-corrected chi connectivity index (χ0v) is 18.5. The van der Waals surface area contributed by atoms with E-state index in [0.29, 0.717) is 12.0 Å². The fourth-order valence-electron chi connectivity index (χ4n) is 4.06. The summed E-state index contributed by atoms with van der Waals surface area (Å²) in [6.07, 6.45) is 9.03. The van der Waals surface area contributed by atoms with Crippen LogP contribution in [-0.2, 0) is 6.42 Å². The molecule has 0 amide bonds. The number of hydrogen-bond acceptors (Lipinski definition) is 5. The molecule has 2 N–H and O–H groups in total. The number of hydrogen-bond donors (Lipinski definition) is 2. The van der Waals surface area contributed by atoms with Gasteiger partial charge in [-0.15, -0.1) is 0 Å². The van der Waals surface area contributed by atoms with Gasteiger partial charge in [0, 0.05) is 61.4 Å². The third-order valence-electron chi connectivity index (χ3n) is 5.72. The molecule has 6 heteroatoms. The Hall–Kier alpha value is -2.60. The highest BCUT2D eigenvalue weighted by atomic mass is 15.2. The van der Waals surface area contributed by atoms with Crippen molar-refractivity contribution in [1.29, 1.82) is 0 Å². The van der Waals surface area contributed by atoms with Crippen LogP contribution in [0.25, 0.3) is 11.0 Å². The number of aromatic nitrogens is 3. The second kappa shape index (κ2) is 9.47. The highest BCUT2D eigenvalue weighted by molar-refractivity contribution is 5.81. The van der Waals surface area contributed by atoms with Crippen LogP contribution in [0.15, 0.2) is 36.7 Å². The Morgan fingerprint density at radius 1 is 1.10 bits per heavy atom. The maximum atomic E-state index is 4.87. The van der Waals surface area contributed by atoms with E-state index < -0.39 is 0 Å². The van der Waals surface area contributed by atoms with Gasteiger partial charge >= 0.3 is 0 Å². The lowest BCUT2D eigenvalue weighted by Gasteiger charge is -2.29. The van der Waals surface area contributed by atoms with Crippen LogP contribution in [0.5, 0.6) is 0 Å². The van der Waals surface area contributed by atoms with Crippen molar-refractivity contribution in [2.24, 2.45) is 0 Å². The molecule has 2 aromatic heterocycles. The van der Waals surface area contributed by atoms with Gasteiger partial charge in [-0.1, -0.05) is 27.2 Å². The Labute approximate surface area is 179 Å². The van der Waals surface area contributed by atoms with E-state index in [9.17, 15) is 0 Å². The molecule has 0 unspecified atom stereocenters. The molecule has 0 atom stereocenters. The van der Waals surface area contributed by atoms with E-state index in [-0.39, 0.29) is 0 Å².